The highest BCUT2D eigenvalue weighted by Crippen LogP contribution is 2.36. The van der Waals surface area contributed by atoms with Gasteiger partial charge in [-0.3, -0.25) is 9.59 Å². The minimum Gasteiger partial charge on any atom is -0.459 e. The van der Waals surface area contributed by atoms with Gasteiger partial charge in [-0.2, -0.15) is 57.1 Å². The molecule has 32 heavy (non-hydrogen) atoms. The van der Waals surface area contributed by atoms with Crippen molar-refractivity contribution in [2.75, 3.05) is 13.2 Å². The van der Waals surface area contributed by atoms with Crippen molar-refractivity contribution < 1.29 is 80.9 Å². The van der Waals surface area contributed by atoms with Crippen LogP contribution in [0.2, 0.25) is 0 Å². The second kappa shape index (κ2) is 9.97. The number of carbonyl (C=O) groups is 3. The molecule has 0 saturated heterocycles. The van der Waals surface area contributed by atoms with Crippen LogP contribution in [0.15, 0.2) is 0 Å². The van der Waals surface area contributed by atoms with E-state index in [1.54, 1.807) is 0 Å². The van der Waals surface area contributed by atoms with E-state index in [2.05, 4.69) is 9.47 Å². The third kappa shape index (κ3) is 8.93. The highest BCUT2D eigenvalue weighted by atomic mass is 19.4. The van der Waals surface area contributed by atoms with Crippen LogP contribution in [0.4, 0.5) is 57.1 Å². The lowest BCUT2D eigenvalue weighted by Crippen LogP contribution is -2.49. The standard InChI is InChI=1S/C13H10F13NO5/c14-9(15,12(21,22)23)3-31-6(28)2-1-5(27-8(30)11(18,19)20)7(29)32-4-10(16,17)13(24,25)26/h5H,1-4H2,(H,27,30). The van der Waals surface area contributed by atoms with Crippen molar-refractivity contribution in [3.05, 3.63) is 0 Å². The molecule has 0 aliphatic carbocycles. The van der Waals surface area contributed by atoms with Crippen LogP contribution in [0.5, 0.6) is 0 Å². The first kappa shape index (κ1) is 29.5. The van der Waals surface area contributed by atoms with Gasteiger partial charge in [-0.1, -0.05) is 0 Å². The molecule has 0 rings (SSSR count). The summed E-state index contributed by atoms with van der Waals surface area (Å²) < 4.78 is 166. The van der Waals surface area contributed by atoms with Crippen LogP contribution in [0.3, 0.4) is 0 Å². The maximum Gasteiger partial charge on any atom is 0.471 e. The maximum absolute atomic E-state index is 12.7. The Labute approximate surface area is 168 Å². The third-order valence-corrected chi connectivity index (χ3v) is 3.12. The van der Waals surface area contributed by atoms with Gasteiger partial charge in [-0.15, -0.1) is 0 Å². The molecule has 0 heterocycles. The van der Waals surface area contributed by atoms with Gasteiger partial charge in [-0.05, 0) is 6.42 Å². The highest BCUT2D eigenvalue weighted by molar-refractivity contribution is 5.87. The second-order valence-corrected chi connectivity index (χ2v) is 5.74. The molecular formula is C13H10F13NO5. The normalized spacial score (nSPS) is 14.5. The first-order chi connectivity index (χ1) is 14.0. The third-order valence-electron chi connectivity index (χ3n) is 3.12. The molecule has 0 aromatic heterocycles. The topological polar surface area (TPSA) is 81.7 Å². The lowest BCUT2D eigenvalue weighted by atomic mass is 10.1. The molecule has 1 unspecified atom stereocenters. The number of carbonyl (C=O) groups excluding carboxylic acids is 3. The number of hydrogen-bond donors (Lipinski definition) is 1. The van der Waals surface area contributed by atoms with E-state index in [4.69, 9.17) is 0 Å². The maximum atomic E-state index is 12.7. The summed E-state index contributed by atoms with van der Waals surface area (Å²) in [6.45, 7) is -5.31. The molecule has 1 N–H and O–H groups in total. The predicted molar refractivity (Wildman–Crippen MR) is 71.1 cm³/mol. The van der Waals surface area contributed by atoms with Gasteiger partial charge < -0.3 is 14.8 Å². The van der Waals surface area contributed by atoms with Crippen molar-refractivity contribution in [3.8, 4) is 0 Å². The molecule has 1 atom stereocenters. The molecule has 0 aliphatic rings. The average molecular weight is 507 g/mol. The molecule has 19 heteroatoms. The Morgan fingerprint density at radius 2 is 1.09 bits per heavy atom. The van der Waals surface area contributed by atoms with Gasteiger partial charge in [0, 0.05) is 6.42 Å². The second-order valence-electron chi connectivity index (χ2n) is 5.74. The zero-order chi connectivity index (χ0) is 25.8. The fourth-order valence-corrected chi connectivity index (χ4v) is 1.42. The van der Waals surface area contributed by atoms with Gasteiger partial charge in [0.15, 0.2) is 13.2 Å². The summed E-state index contributed by atoms with van der Waals surface area (Å²) in [7, 11) is 0. The monoisotopic (exact) mass is 507 g/mol. The van der Waals surface area contributed by atoms with Crippen LogP contribution in [0.1, 0.15) is 12.8 Å². The quantitative estimate of drug-likeness (QED) is 0.383. The van der Waals surface area contributed by atoms with Crippen LogP contribution in [-0.4, -0.2) is 67.5 Å². The Morgan fingerprint density at radius 3 is 1.47 bits per heavy atom. The van der Waals surface area contributed by atoms with E-state index in [0.29, 0.717) is 0 Å². The summed E-state index contributed by atoms with van der Waals surface area (Å²) in [5, 5.41) is 0.783. The molecule has 0 fully saturated rings. The van der Waals surface area contributed by atoms with Crippen molar-refractivity contribution >= 4 is 17.8 Å². The zero-order valence-electron chi connectivity index (χ0n) is 14.9. The van der Waals surface area contributed by atoms with Gasteiger partial charge in [0.05, 0.1) is 0 Å². The van der Waals surface area contributed by atoms with Crippen LogP contribution in [0.25, 0.3) is 0 Å². The number of rotatable bonds is 9. The molecule has 0 spiro atoms. The van der Waals surface area contributed by atoms with E-state index in [9.17, 15) is 71.5 Å². The smallest absolute Gasteiger partial charge is 0.459 e. The molecule has 0 radical (unpaired) electrons. The number of esters is 2. The fourth-order valence-electron chi connectivity index (χ4n) is 1.42. The zero-order valence-corrected chi connectivity index (χ0v) is 14.9. The summed E-state index contributed by atoms with van der Waals surface area (Å²) in [5.74, 6) is -18.5. The van der Waals surface area contributed by atoms with Gasteiger partial charge in [0.1, 0.15) is 6.04 Å². The molecule has 0 aliphatic heterocycles. The largest absolute Gasteiger partial charge is 0.471 e. The molecule has 1 amide bonds. The van der Waals surface area contributed by atoms with Crippen molar-refractivity contribution in [2.24, 2.45) is 0 Å². The summed E-state index contributed by atoms with van der Waals surface area (Å²) in [4.78, 5) is 33.6. The Kier molecular flexibility index (Phi) is 9.19. The van der Waals surface area contributed by atoms with E-state index in [-0.39, 0.29) is 0 Å². The van der Waals surface area contributed by atoms with Crippen LogP contribution in [-0.2, 0) is 23.9 Å². The molecule has 0 aromatic carbocycles. The van der Waals surface area contributed by atoms with Crippen LogP contribution in [0, 0.1) is 0 Å². The first-order valence-corrected chi connectivity index (χ1v) is 7.60. The van der Waals surface area contributed by atoms with E-state index >= 15 is 0 Å². The number of amides is 1. The van der Waals surface area contributed by atoms with E-state index in [0.717, 1.165) is 5.32 Å². The minimum absolute atomic E-state index is 0.783. The average Bonchev–Trinajstić information content (AvgIpc) is 2.58. The Balaban J connectivity index is 5.18. The minimum atomic E-state index is -6.24. The van der Waals surface area contributed by atoms with E-state index in [1.807, 2.05) is 0 Å². The number of nitrogens with one attached hydrogen (secondary N) is 1. The lowest BCUT2D eigenvalue weighted by molar-refractivity contribution is -0.294. The Morgan fingerprint density at radius 1 is 0.688 bits per heavy atom. The Hall–Kier alpha value is -2.50. The summed E-state index contributed by atoms with van der Waals surface area (Å²) in [5.41, 5.74) is 0. The molecule has 6 nitrogen and oxygen atoms in total. The Bertz CT molecular complexity index is 683. The van der Waals surface area contributed by atoms with Crippen LogP contribution >= 0.6 is 0 Å². The van der Waals surface area contributed by atoms with Crippen molar-refractivity contribution in [2.45, 2.75) is 49.3 Å². The summed E-state index contributed by atoms with van der Waals surface area (Å²) in [6, 6.07) is -2.73. The van der Waals surface area contributed by atoms with Gasteiger partial charge in [0.2, 0.25) is 0 Å². The van der Waals surface area contributed by atoms with Crippen molar-refractivity contribution in [3.63, 3.8) is 0 Å². The van der Waals surface area contributed by atoms with Gasteiger partial charge >= 0.3 is 48.2 Å². The summed E-state index contributed by atoms with van der Waals surface area (Å²) in [6.07, 6.45) is -21.0. The van der Waals surface area contributed by atoms with Crippen molar-refractivity contribution in [1.82, 2.24) is 5.32 Å². The lowest BCUT2D eigenvalue weighted by Gasteiger charge is -2.22. The molecular weight excluding hydrogens is 497 g/mol. The molecule has 0 saturated carbocycles. The van der Waals surface area contributed by atoms with Gasteiger partial charge in [0.25, 0.3) is 0 Å². The number of alkyl halides is 13. The van der Waals surface area contributed by atoms with Crippen molar-refractivity contribution in [1.29, 1.82) is 0 Å². The highest BCUT2D eigenvalue weighted by Gasteiger charge is 2.59. The van der Waals surface area contributed by atoms with E-state index in [1.165, 1.54) is 0 Å². The molecule has 0 aromatic rings. The van der Waals surface area contributed by atoms with E-state index < -0.39 is 80.3 Å². The van der Waals surface area contributed by atoms with Gasteiger partial charge in [-0.25, -0.2) is 4.79 Å². The number of ether oxygens (including phenoxy) is 2. The fraction of sp³-hybridized carbons (Fsp3) is 0.769. The molecule has 188 valence electrons. The summed E-state index contributed by atoms with van der Waals surface area (Å²) >= 11 is 0. The first-order valence-electron chi connectivity index (χ1n) is 7.60. The predicted octanol–water partition coefficient (Wildman–Crippen LogP) is 3.30. The van der Waals surface area contributed by atoms with Crippen LogP contribution < -0.4 is 5.32 Å². The number of hydrogen-bond acceptors (Lipinski definition) is 5. The molecule has 0 bridgehead atoms. The number of halogens is 13. The SMILES string of the molecule is O=C(CCC(NC(=O)C(F)(F)F)C(=O)OCC(F)(F)C(F)(F)F)OCC(F)(F)C(F)(F)F.